The van der Waals surface area contributed by atoms with Crippen molar-refractivity contribution in [2.24, 2.45) is 5.92 Å². The summed E-state index contributed by atoms with van der Waals surface area (Å²) in [5.41, 5.74) is 2.64. The third-order valence-corrected chi connectivity index (χ3v) is 4.20. The van der Waals surface area contributed by atoms with Crippen LogP contribution < -0.4 is 0 Å². The monoisotopic (exact) mass is 289 g/mol. The van der Waals surface area contributed by atoms with E-state index in [-0.39, 0.29) is 24.2 Å². The molecular formula is C17H23NO3. The molecule has 2 rings (SSSR count). The van der Waals surface area contributed by atoms with Gasteiger partial charge in [-0.3, -0.25) is 9.59 Å². The number of hydrogen-bond donors (Lipinski definition) is 0. The van der Waals surface area contributed by atoms with E-state index < -0.39 is 0 Å². The number of ether oxygens (including phenoxy) is 1. The summed E-state index contributed by atoms with van der Waals surface area (Å²) in [6.07, 6.45) is 2.93. The average Bonchev–Trinajstić information content (AvgIpc) is 2.54. The molecule has 0 bridgehead atoms. The number of hydrogen-bond acceptors (Lipinski definition) is 3. The fourth-order valence-electron chi connectivity index (χ4n) is 2.92. The predicted molar refractivity (Wildman–Crippen MR) is 80.8 cm³/mol. The number of aryl methyl sites for hydroxylation is 1. The highest BCUT2D eigenvalue weighted by Crippen LogP contribution is 2.26. The molecule has 0 saturated carbocycles. The van der Waals surface area contributed by atoms with Crippen molar-refractivity contribution >= 4 is 11.9 Å². The number of benzene rings is 1. The van der Waals surface area contributed by atoms with Crippen LogP contribution in [0.15, 0.2) is 24.3 Å². The van der Waals surface area contributed by atoms with Crippen LogP contribution in [0.25, 0.3) is 0 Å². The average molecular weight is 289 g/mol. The molecule has 4 nitrogen and oxygen atoms in total. The minimum absolute atomic E-state index is 0.0393. The zero-order chi connectivity index (χ0) is 15.2. The number of amides is 1. The Morgan fingerprint density at radius 1 is 1.29 bits per heavy atom. The summed E-state index contributed by atoms with van der Waals surface area (Å²) in [7, 11) is 1.37. The molecule has 114 valence electrons. The van der Waals surface area contributed by atoms with Gasteiger partial charge in [0.1, 0.15) is 0 Å². The number of carbonyl (C=O) groups is 2. The highest BCUT2D eigenvalue weighted by Gasteiger charge is 2.27. The minimum atomic E-state index is -0.268. The molecule has 0 saturated heterocycles. The molecule has 0 N–H and O–H groups in total. The Balaban J connectivity index is 1.97. The van der Waals surface area contributed by atoms with E-state index in [1.165, 1.54) is 18.2 Å². The Hall–Kier alpha value is -1.84. The number of rotatable bonds is 5. The molecule has 0 heterocycles. The van der Waals surface area contributed by atoms with Crippen LogP contribution >= 0.6 is 0 Å². The largest absolute Gasteiger partial charge is 0.469 e. The van der Waals surface area contributed by atoms with E-state index in [0.717, 1.165) is 19.3 Å². The highest BCUT2D eigenvalue weighted by atomic mass is 16.5. The second-order valence-corrected chi connectivity index (χ2v) is 5.45. The molecule has 4 heteroatoms. The van der Waals surface area contributed by atoms with E-state index in [2.05, 4.69) is 22.9 Å². The maximum Gasteiger partial charge on any atom is 0.307 e. The van der Waals surface area contributed by atoms with Gasteiger partial charge in [-0.15, -0.1) is 0 Å². The molecule has 1 aromatic carbocycles. The van der Waals surface area contributed by atoms with Crippen LogP contribution in [0, 0.1) is 5.92 Å². The first-order valence-corrected chi connectivity index (χ1v) is 7.58. The zero-order valence-electron chi connectivity index (χ0n) is 12.8. The standard InChI is InChI=1S/C17H23NO3/c1-3-18(11-10-16(19)21-2)17(20)15-9-8-13-6-4-5-7-14(13)12-15/h4-7,15H,3,8-12H2,1-2H3. The maximum atomic E-state index is 12.6. The van der Waals surface area contributed by atoms with Crippen molar-refractivity contribution in [2.45, 2.75) is 32.6 Å². The third kappa shape index (κ3) is 3.84. The quantitative estimate of drug-likeness (QED) is 0.781. The van der Waals surface area contributed by atoms with Crippen molar-refractivity contribution in [1.29, 1.82) is 0 Å². The fourth-order valence-corrected chi connectivity index (χ4v) is 2.92. The number of esters is 1. The van der Waals surface area contributed by atoms with Gasteiger partial charge in [-0.25, -0.2) is 0 Å². The Bertz CT molecular complexity index is 513. The molecule has 0 fully saturated rings. The first kappa shape index (κ1) is 15.5. The van der Waals surface area contributed by atoms with Gasteiger partial charge in [0.05, 0.1) is 13.5 Å². The maximum absolute atomic E-state index is 12.6. The predicted octanol–water partition coefficient (Wildman–Crippen LogP) is 2.20. The number of fused-ring (bicyclic) bond motifs is 1. The summed E-state index contributed by atoms with van der Waals surface area (Å²) in [5, 5.41) is 0. The van der Waals surface area contributed by atoms with Gasteiger partial charge in [0.15, 0.2) is 0 Å². The van der Waals surface area contributed by atoms with Crippen molar-refractivity contribution < 1.29 is 14.3 Å². The number of methoxy groups -OCH3 is 1. The van der Waals surface area contributed by atoms with E-state index in [1.807, 2.05) is 13.0 Å². The third-order valence-electron chi connectivity index (χ3n) is 4.20. The summed E-state index contributed by atoms with van der Waals surface area (Å²) >= 11 is 0. The van der Waals surface area contributed by atoms with Crippen molar-refractivity contribution in [3.8, 4) is 0 Å². The van der Waals surface area contributed by atoms with Gasteiger partial charge >= 0.3 is 5.97 Å². The van der Waals surface area contributed by atoms with Crippen LogP contribution in [-0.4, -0.2) is 37.0 Å². The van der Waals surface area contributed by atoms with Crippen LogP contribution in [0.1, 0.15) is 30.9 Å². The van der Waals surface area contributed by atoms with Gasteiger partial charge in [0, 0.05) is 19.0 Å². The summed E-state index contributed by atoms with van der Waals surface area (Å²) in [6, 6.07) is 8.33. The van der Waals surface area contributed by atoms with Gasteiger partial charge in [-0.05, 0) is 37.3 Å². The normalized spacial score (nSPS) is 17.0. The Labute approximate surface area is 126 Å². The smallest absolute Gasteiger partial charge is 0.307 e. The summed E-state index contributed by atoms with van der Waals surface area (Å²) < 4.78 is 4.64. The molecule has 0 spiro atoms. The van der Waals surface area contributed by atoms with Crippen LogP contribution in [0.5, 0.6) is 0 Å². The molecule has 0 aromatic heterocycles. The van der Waals surface area contributed by atoms with Gasteiger partial charge in [0.2, 0.25) is 5.91 Å². The van der Waals surface area contributed by atoms with Crippen molar-refractivity contribution in [3.05, 3.63) is 35.4 Å². The molecule has 21 heavy (non-hydrogen) atoms. The lowest BCUT2D eigenvalue weighted by atomic mass is 9.83. The molecule has 1 aromatic rings. The van der Waals surface area contributed by atoms with Gasteiger partial charge in [-0.2, -0.15) is 0 Å². The fraction of sp³-hybridized carbons (Fsp3) is 0.529. The number of carbonyl (C=O) groups excluding carboxylic acids is 2. The summed E-state index contributed by atoms with van der Waals surface area (Å²) in [6.45, 7) is 3.03. The number of nitrogens with zero attached hydrogens (tertiary/aromatic N) is 1. The summed E-state index contributed by atoms with van der Waals surface area (Å²) in [5.74, 6) is -0.0661. The molecule has 1 amide bonds. The van der Waals surface area contributed by atoms with Gasteiger partial charge in [-0.1, -0.05) is 24.3 Å². The molecule has 0 radical (unpaired) electrons. The van der Waals surface area contributed by atoms with Gasteiger partial charge < -0.3 is 9.64 Å². The van der Waals surface area contributed by atoms with E-state index in [0.29, 0.717) is 13.1 Å². The van der Waals surface area contributed by atoms with E-state index >= 15 is 0 Å². The molecule has 1 unspecified atom stereocenters. The van der Waals surface area contributed by atoms with Crippen LogP contribution in [-0.2, 0) is 27.2 Å². The minimum Gasteiger partial charge on any atom is -0.469 e. The first-order chi connectivity index (χ1) is 10.2. The van der Waals surface area contributed by atoms with Crippen LogP contribution in [0.4, 0.5) is 0 Å². The molecule has 0 aliphatic heterocycles. The summed E-state index contributed by atoms with van der Waals surface area (Å²) in [4.78, 5) is 25.6. The molecule has 1 atom stereocenters. The van der Waals surface area contributed by atoms with Crippen LogP contribution in [0.3, 0.4) is 0 Å². The lowest BCUT2D eigenvalue weighted by Crippen LogP contribution is -2.39. The first-order valence-electron chi connectivity index (χ1n) is 7.58. The van der Waals surface area contributed by atoms with Crippen molar-refractivity contribution in [3.63, 3.8) is 0 Å². The molecule has 1 aliphatic carbocycles. The molecular weight excluding hydrogens is 266 g/mol. The second-order valence-electron chi connectivity index (χ2n) is 5.45. The van der Waals surface area contributed by atoms with E-state index in [1.54, 1.807) is 4.90 Å². The second kappa shape index (κ2) is 7.25. The molecule has 1 aliphatic rings. The lowest BCUT2D eigenvalue weighted by molar-refractivity contribution is -0.142. The SMILES string of the molecule is CCN(CCC(=O)OC)C(=O)C1CCc2ccccc2C1. The Morgan fingerprint density at radius 3 is 2.67 bits per heavy atom. The zero-order valence-corrected chi connectivity index (χ0v) is 12.8. The van der Waals surface area contributed by atoms with Crippen molar-refractivity contribution in [2.75, 3.05) is 20.2 Å². The van der Waals surface area contributed by atoms with Crippen molar-refractivity contribution in [1.82, 2.24) is 4.90 Å². The lowest BCUT2D eigenvalue weighted by Gasteiger charge is -2.29. The Kier molecular flexibility index (Phi) is 5.37. The van der Waals surface area contributed by atoms with Crippen LogP contribution in [0.2, 0.25) is 0 Å². The van der Waals surface area contributed by atoms with E-state index in [4.69, 9.17) is 0 Å². The highest BCUT2D eigenvalue weighted by molar-refractivity contribution is 5.80. The topological polar surface area (TPSA) is 46.6 Å². The van der Waals surface area contributed by atoms with Gasteiger partial charge in [0.25, 0.3) is 0 Å². The van der Waals surface area contributed by atoms with E-state index in [9.17, 15) is 9.59 Å². The Morgan fingerprint density at radius 2 is 2.00 bits per heavy atom.